The van der Waals surface area contributed by atoms with Crippen molar-refractivity contribution in [1.29, 1.82) is 0 Å². The highest BCUT2D eigenvalue weighted by Gasteiger charge is 2.03. The van der Waals surface area contributed by atoms with Crippen molar-refractivity contribution in [3.8, 4) is 0 Å². The molecule has 0 unspecified atom stereocenters. The summed E-state index contributed by atoms with van der Waals surface area (Å²) in [5, 5.41) is 1.99. The zero-order valence-electron chi connectivity index (χ0n) is 8.79. The maximum Gasteiger partial charge on any atom is 0.242 e. The summed E-state index contributed by atoms with van der Waals surface area (Å²) in [5.74, 6) is 0.352. The molecule has 0 amide bonds. The first-order valence-corrected chi connectivity index (χ1v) is 5.11. The van der Waals surface area contributed by atoms with Gasteiger partial charge < -0.3 is 0 Å². The Balaban J connectivity index is 2.46. The smallest absolute Gasteiger partial charge is 0.242 e. The average molecular weight is 221 g/mol. The number of rotatable bonds is 1. The lowest BCUT2D eigenvalue weighted by Gasteiger charge is -2.02. The molecule has 0 fully saturated rings. The number of fused-ring (bicyclic) bond motifs is 3. The monoisotopic (exact) mass is 221 g/mol. The minimum atomic E-state index is 0.352. The molecule has 0 saturated heterocycles. The predicted octanol–water partition coefficient (Wildman–Crippen LogP) is 2.75. The first-order valence-electron chi connectivity index (χ1n) is 5.11. The van der Waals surface area contributed by atoms with Crippen LogP contribution >= 0.6 is 0 Å². The molecule has 80 valence electrons. The van der Waals surface area contributed by atoms with Gasteiger partial charge in [-0.15, -0.1) is 4.99 Å². The Labute approximate surface area is 96.7 Å². The van der Waals surface area contributed by atoms with Crippen LogP contribution in [-0.2, 0) is 4.79 Å². The van der Waals surface area contributed by atoms with Crippen molar-refractivity contribution in [3.63, 3.8) is 0 Å². The van der Waals surface area contributed by atoms with Gasteiger partial charge in [0.1, 0.15) is 0 Å². The van der Waals surface area contributed by atoms with Crippen LogP contribution in [0.3, 0.4) is 0 Å². The van der Waals surface area contributed by atoms with Gasteiger partial charge in [0.05, 0.1) is 11.0 Å². The molecule has 3 aromatic rings. The number of hydrogen-bond donors (Lipinski definition) is 0. The van der Waals surface area contributed by atoms with Crippen LogP contribution in [0.5, 0.6) is 0 Å². The molecule has 3 rings (SSSR count). The van der Waals surface area contributed by atoms with Crippen LogP contribution in [0, 0.1) is 0 Å². The van der Waals surface area contributed by atoms with Crippen molar-refractivity contribution < 1.29 is 4.79 Å². The Bertz CT molecular complexity index is 761. The molecule has 0 aliphatic heterocycles. The summed E-state index contributed by atoms with van der Waals surface area (Å²) in [4.78, 5) is 22.4. The molecule has 0 saturated carbocycles. The Morgan fingerprint density at radius 1 is 1.00 bits per heavy atom. The Morgan fingerprint density at radius 2 is 1.76 bits per heavy atom. The molecule has 0 N–H and O–H groups in total. The van der Waals surface area contributed by atoms with Gasteiger partial charge in [-0.3, -0.25) is 4.98 Å². The van der Waals surface area contributed by atoms with Gasteiger partial charge in [-0.05, 0) is 18.2 Å². The first kappa shape index (κ1) is 9.63. The maximum absolute atomic E-state index is 10.2. The van der Waals surface area contributed by atoms with E-state index in [-0.39, 0.29) is 0 Å². The van der Waals surface area contributed by atoms with Gasteiger partial charge in [0.2, 0.25) is 6.08 Å². The van der Waals surface area contributed by atoms with Crippen LogP contribution in [0.1, 0.15) is 0 Å². The third kappa shape index (κ3) is 1.57. The number of hydrogen-bond acceptors (Lipinski definition) is 4. The van der Waals surface area contributed by atoms with E-state index in [0.717, 1.165) is 21.8 Å². The Kier molecular flexibility index (Phi) is 2.14. The standard InChI is InChI=1S/C13H7N3O/c17-8-15-11-6-5-10-4-3-9-2-1-7-14-12(9)13(10)16-11/h1-7H. The van der Waals surface area contributed by atoms with E-state index in [2.05, 4.69) is 15.0 Å². The van der Waals surface area contributed by atoms with E-state index < -0.39 is 0 Å². The Hall–Kier alpha value is -2.58. The van der Waals surface area contributed by atoms with E-state index in [9.17, 15) is 4.79 Å². The van der Waals surface area contributed by atoms with Crippen molar-refractivity contribution in [2.24, 2.45) is 4.99 Å². The summed E-state index contributed by atoms with van der Waals surface area (Å²) in [6.07, 6.45) is 3.21. The summed E-state index contributed by atoms with van der Waals surface area (Å²) in [6, 6.07) is 11.4. The van der Waals surface area contributed by atoms with Gasteiger partial charge in [-0.1, -0.05) is 18.2 Å². The lowest BCUT2D eigenvalue weighted by Crippen LogP contribution is -1.84. The highest BCUT2D eigenvalue weighted by molar-refractivity contribution is 6.02. The quantitative estimate of drug-likeness (QED) is 0.360. The predicted molar refractivity (Wildman–Crippen MR) is 64.8 cm³/mol. The van der Waals surface area contributed by atoms with Gasteiger partial charge in [-0.2, -0.15) is 0 Å². The van der Waals surface area contributed by atoms with Crippen LogP contribution in [0.15, 0.2) is 47.6 Å². The largest absolute Gasteiger partial charge is 0.254 e. The van der Waals surface area contributed by atoms with Crippen LogP contribution < -0.4 is 0 Å². The van der Waals surface area contributed by atoms with E-state index in [1.165, 1.54) is 6.08 Å². The summed E-state index contributed by atoms with van der Waals surface area (Å²) < 4.78 is 0. The van der Waals surface area contributed by atoms with Gasteiger partial charge in [0.25, 0.3) is 0 Å². The van der Waals surface area contributed by atoms with E-state index in [0.29, 0.717) is 5.82 Å². The third-order valence-electron chi connectivity index (χ3n) is 2.58. The number of isocyanates is 1. The SMILES string of the molecule is O=C=Nc1ccc2ccc3cccnc3c2n1. The van der Waals surface area contributed by atoms with Crippen LogP contribution in [0.4, 0.5) is 5.82 Å². The highest BCUT2D eigenvalue weighted by atomic mass is 16.1. The molecule has 2 heterocycles. The van der Waals surface area contributed by atoms with Crippen LogP contribution in [0.25, 0.3) is 21.8 Å². The molecule has 4 nitrogen and oxygen atoms in total. The fraction of sp³-hybridized carbons (Fsp3) is 0. The molecule has 0 bridgehead atoms. The normalized spacial score (nSPS) is 10.4. The van der Waals surface area contributed by atoms with E-state index >= 15 is 0 Å². The summed E-state index contributed by atoms with van der Waals surface area (Å²) in [5.41, 5.74) is 1.56. The van der Waals surface area contributed by atoms with Gasteiger partial charge >= 0.3 is 0 Å². The van der Waals surface area contributed by atoms with Crippen LogP contribution in [-0.4, -0.2) is 16.0 Å². The topological polar surface area (TPSA) is 55.2 Å². The second-order valence-electron chi connectivity index (χ2n) is 3.58. The van der Waals surface area contributed by atoms with Crippen molar-refractivity contribution in [1.82, 2.24) is 9.97 Å². The highest BCUT2D eigenvalue weighted by Crippen LogP contribution is 2.23. The average Bonchev–Trinajstić information content (AvgIpc) is 2.39. The first-order chi connectivity index (χ1) is 8.38. The molecule has 0 radical (unpaired) electrons. The second kappa shape index (κ2) is 3.77. The summed E-state index contributed by atoms with van der Waals surface area (Å²) in [7, 11) is 0. The number of aliphatic imine (C=N–C) groups is 1. The van der Waals surface area contributed by atoms with Crippen molar-refractivity contribution >= 4 is 33.7 Å². The Morgan fingerprint density at radius 3 is 2.59 bits per heavy atom. The van der Waals surface area contributed by atoms with E-state index in [1.807, 2.05) is 30.3 Å². The molecule has 0 aliphatic rings. The summed E-state index contributed by atoms with van der Waals surface area (Å²) in [6.45, 7) is 0. The van der Waals surface area contributed by atoms with Gasteiger partial charge in [-0.25, -0.2) is 9.78 Å². The van der Waals surface area contributed by atoms with E-state index in [1.54, 1.807) is 12.3 Å². The number of pyridine rings is 2. The minimum Gasteiger partial charge on any atom is -0.254 e. The molecule has 0 aliphatic carbocycles. The molecule has 1 aromatic carbocycles. The zero-order chi connectivity index (χ0) is 11.7. The number of aromatic nitrogens is 2. The molecular weight excluding hydrogens is 214 g/mol. The van der Waals surface area contributed by atoms with Gasteiger partial charge in [0, 0.05) is 17.0 Å². The lowest BCUT2D eigenvalue weighted by atomic mass is 10.1. The third-order valence-corrected chi connectivity index (χ3v) is 2.58. The van der Waals surface area contributed by atoms with Crippen molar-refractivity contribution in [2.45, 2.75) is 0 Å². The molecule has 4 heteroatoms. The molecular formula is C13H7N3O. The molecule has 17 heavy (non-hydrogen) atoms. The van der Waals surface area contributed by atoms with Crippen LogP contribution in [0.2, 0.25) is 0 Å². The number of benzene rings is 1. The van der Waals surface area contributed by atoms with E-state index in [4.69, 9.17) is 0 Å². The van der Waals surface area contributed by atoms with Crippen molar-refractivity contribution in [3.05, 3.63) is 42.6 Å². The summed E-state index contributed by atoms with van der Waals surface area (Å²) >= 11 is 0. The minimum absolute atomic E-state index is 0.352. The van der Waals surface area contributed by atoms with Gasteiger partial charge in [0.15, 0.2) is 5.82 Å². The maximum atomic E-state index is 10.2. The lowest BCUT2D eigenvalue weighted by molar-refractivity contribution is 0.565. The van der Waals surface area contributed by atoms with Crippen molar-refractivity contribution in [2.75, 3.05) is 0 Å². The zero-order valence-corrected chi connectivity index (χ0v) is 8.79. The number of carbonyl (C=O) groups excluding carboxylic acids is 1. The fourth-order valence-corrected chi connectivity index (χ4v) is 1.82. The molecule has 2 aromatic heterocycles. The second-order valence-corrected chi connectivity index (χ2v) is 3.58. The fourth-order valence-electron chi connectivity index (χ4n) is 1.82. The number of nitrogens with zero attached hydrogens (tertiary/aromatic N) is 3. The molecule has 0 spiro atoms. The molecule has 0 atom stereocenters.